The largest absolute Gasteiger partial charge is 0.507 e. The van der Waals surface area contributed by atoms with Crippen molar-refractivity contribution in [3.05, 3.63) is 65.5 Å². The predicted molar refractivity (Wildman–Crippen MR) is 76.6 cm³/mol. The highest BCUT2D eigenvalue weighted by atomic mass is 19.1. The summed E-state index contributed by atoms with van der Waals surface area (Å²) in [6.07, 6.45) is 0. The molecular formula is C16H14FNO4. The number of rotatable bonds is 5. The van der Waals surface area contributed by atoms with Gasteiger partial charge in [0.1, 0.15) is 17.1 Å². The summed E-state index contributed by atoms with van der Waals surface area (Å²) in [4.78, 5) is 23.3. The van der Waals surface area contributed by atoms with Gasteiger partial charge in [0, 0.05) is 6.54 Å². The highest BCUT2D eigenvalue weighted by Crippen LogP contribution is 2.16. The van der Waals surface area contributed by atoms with E-state index < -0.39 is 18.5 Å². The Bertz CT molecular complexity index is 670. The standard InChI is InChI=1S/C16H14FNO4/c17-12-7-5-11(6-8-12)9-18-15(20)10-22-16(21)13-3-1-2-4-14(13)19/h1-8,19H,9-10H2,(H,18,20). The van der Waals surface area contributed by atoms with Gasteiger partial charge in [0.15, 0.2) is 6.61 Å². The van der Waals surface area contributed by atoms with E-state index in [1.165, 1.54) is 24.3 Å². The van der Waals surface area contributed by atoms with E-state index >= 15 is 0 Å². The molecule has 0 atom stereocenters. The summed E-state index contributed by atoms with van der Waals surface area (Å²) in [5, 5.41) is 12.0. The second-order valence-electron chi connectivity index (χ2n) is 4.50. The molecule has 5 nitrogen and oxygen atoms in total. The molecule has 2 rings (SSSR count). The van der Waals surface area contributed by atoms with Gasteiger partial charge in [0.05, 0.1) is 0 Å². The monoisotopic (exact) mass is 303 g/mol. The van der Waals surface area contributed by atoms with Crippen LogP contribution in [-0.4, -0.2) is 23.6 Å². The number of hydrogen-bond donors (Lipinski definition) is 2. The van der Waals surface area contributed by atoms with Gasteiger partial charge in [-0.1, -0.05) is 24.3 Å². The molecule has 0 aliphatic heterocycles. The minimum Gasteiger partial charge on any atom is -0.507 e. The molecule has 0 aromatic heterocycles. The molecule has 0 radical (unpaired) electrons. The highest BCUT2D eigenvalue weighted by Gasteiger charge is 2.13. The maximum Gasteiger partial charge on any atom is 0.342 e. The Morgan fingerprint density at radius 2 is 1.77 bits per heavy atom. The zero-order chi connectivity index (χ0) is 15.9. The van der Waals surface area contributed by atoms with E-state index in [4.69, 9.17) is 4.74 Å². The van der Waals surface area contributed by atoms with Crippen molar-refractivity contribution in [2.75, 3.05) is 6.61 Å². The van der Waals surface area contributed by atoms with Crippen molar-refractivity contribution in [2.45, 2.75) is 6.54 Å². The molecule has 114 valence electrons. The molecule has 2 N–H and O–H groups in total. The van der Waals surface area contributed by atoms with E-state index in [-0.39, 0.29) is 23.7 Å². The highest BCUT2D eigenvalue weighted by molar-refractivity contribution is 5.93. The Labute approximate surface area is 126 Å². The third kappa shape index (κ3) is 4.31. The molecule has 0 unspecified atom stereocenters. The predicted octanol–water partition coefficient (Wildman–Crippen LogP) is 2.00. The van der Waals surface area contributed by atoms with Crippen LogP contribution in [-0.2, 0) is 16.1 Å². The fourth-order valence-electron chi connectivity index (χ4n) is 1.71. The molecule has 0 bridgehead atoms. The second kappa shape index (κ2) is 7.21. The first-order valence-corrected chi connectivity index (χ1v) is 6.52. The van der Waals surface area contributed by atoms with Crippen LogP contribution >= 0.6 is 0 Å². The third-order valence-corrected chi connectivity index (χ3v) is 2.86. The number of amides is 1. The molecule has 22 heavy (non-hydrogen) atoms. The van der Waals surface area contributed by atoms with Gasteiger partial charge in [0.2, 0.25) is 0 Å². The number of benzene rings is 2. The van der Waals surface area contributed by atoms with Crippen LogP contribution in [0.4, 0.5) is 4.39 Å². The van der Waals surface area contributed by atoms with Crippen LogP contribution in [0.3, 0.4) is 0 Å². The van der Waals surface area contributed by atoms with Gasteiger partial charge >= 0.3 is 5.97 Å². The topological polar surface area (TPSA) is 75.6 Å². The van der Waals surface area contributed by atoms with Crippen LogP contribution in [0.15, 0.2) is 48.5 Å². The number of para-hydroxylation sites is 1. The molecule has 0 heterocycles. The van der Waals surface area contributed by atoms with Crippen LogP contribution in [0, 0.1) is 5.82 Å². The smallest absolute Gasteiger partial charge is 0.342 e. The van der Waals surface area contributed by atoms with Crippen LogP contribution in [0.5, 0.6) is 5.75 Å². The van der Waals surface area contributed by atoms with Crippen LogP contribution < -0.4 is 5.32 Å². The minimum atomic E-state index is -0.782. The summed E-state index contributed by atoms with van der Waals surface area (Å²) in [5.74, 6) is -1.84. The maximum atomic E-state index is 12.7. The summed E-state index contributed by atoms with van der Waals surface area (Å²) in [7, 11) is 0. The number of phenolic OH excluding ortho intramolecular Hbond substituents is 1. The molecule has 0 aliphatic carbocycles. The normalized spacial score (nSPS) is 10.0. The van der Waals surface area contributed by atoms with E-state index in [0.29, 0.717) is 0 Å². The summed E-state index contributed by atoms with van der Waals surface area (Å²) >= 11 is 0. The number of carbonyl (C=O) groups is 2. The number of esters is 1. The number of halogens is 1. The SMILES string of the molecule is O=C(COC(=O)c1ccccc1O)NCc1ccc(F)cc1. The zero-order valence-electron chi connectivity index (χ0n) is 11.6. The minimum absolute atomic E-state index is 0.00571. The number of aromatic hydroxyl groups is 1. The first-order chi connectivity index (χ1) is 10.6. The number of nitrogens with one attached hydrogen (secondary N) is 1. The molecule has 2 aromatic carbocycles. The lowest BCUT2D eigenvalue weighted by atomic mass is 10.2. The molecule has 0 saturated heterocycles. The number of ether oxygens (including phenoxy) is 1. The van der Waals surface area contributed by atoms with E-state index in [1.54, 1.807) is 24.3 Å². The second-order valence-corrected chi connectivity index (χ2v) is 4.50. The third-order valence-electron chi connectivity index (χ3n) is 2.86. The Morgan fingerprint density at radius 3 is 2.45 bits per heavy atom. The van der Waals surface area contributed by atoms with Crippen molar-refractivity contribution < 1.29 is 23.8 Å². The summed E-state index contributed by atoms with van der Waals surface area (Å²) in [6.45, 7) is -0.262. The van der Waals surface area contributed by atoms with E-state index in [9.17, 15) is 19.1 Å². The van der Waals surface area contributed by atoms with Crippen molar-refractivity contribution >= 4 is 11.9 Å². The Morgan fingerprint density at radius 1 is 1.09 bits per heavy atom. The van der Waals surface area contributed by atoms with E-state index in [2.05, 4.69) is 5.32 Å². The zero-order valence-corrected chi connectivity index (χ0v) is 11.6. The van der Waals surface area contributed by atoms with Gasteiger partial charge in [-0.2, -0.15) is 0 Å². The first kappa shape index (κ1) is 15.5. The number of phenols is 1. The van der Waals surface area contributed by atoms with Crippen LogP contribution in [0.1, 0.15) is 15.9 Å². The van der Waals surface area contributed by atoms with Gasteiger partial charge in [-0.3, -0.25) is 4.79 Å². The van der Waals surface area contributed by atoms with E-state index in [0.717, 1.165) is 5.56 Å². The van der Waals surface area contributed by atoms with Gasteiger partial charge in [-0.15, -0.1) is 0 Å². The Hall–Kier alpha value is -2.89. The fraction of sp³-hybridized carbons (Fsp3) is 0.125. The summed E-state index contributed by atoms with van der Waals surface area (Å²) in [6, 6.07) is 11.6. The first-order valence-electron chi connectivity index (χ1n) is 6.52. The fourth-order valence-corrected chi connectivity index (χ4v) is 1.71. The van der Waals surface area contributed by atoms with Crippen molar-refractivity contribution in [2.24, 2.45) is 0 Å². The molecule has 1 amide bonds. The summed E-state index contributed by atoms with van der Waals surface area (Å²) < 4.78 is 17.5. The Balaban J connectivity index is 1.79. The molecule has 6 heteroatoms. The van der Waals surface area contributed by atoms with Crippen molar-refractivity contribution in [3.63, 3.8) is 0 Å². The lowest BCUT2D eigenvalue weighted by molar-refractivity contribution is -0.124. The van der Waals surface area contributed by atoms with E-state index in [1.807, 2.05) is 0 Å². The number of hydrogen-bond acceptors (Lipinski definition) is 4. The number of carbonyl (C=O) groups excluding carboxylic acids is 2. The lowest BCUT2D eigenvalue weighted by Gasteiger charge is -2.07. The quantitative estimate of drug-likeness (QED) is 0.828. The van der Waals surface area contributed by atoms with Crippen LogP contribution in [0.2, 0.25) is 0 Å². The maximum absolute atomic E-state index is 12.7. The average Bonchev–Trinajstić information content (AvgIpc) is 2.52. The van der Waals surface area contributed by atoms with Gasteiger partial charge in [-0.05, 0) is 29.8 Å². The molecule has 0 spiro atoms. The van der Waals surface area contributed by atoms with Gasteiger partial charge in [-0.25, -0.2) is 9.18 Å². The van der Waals surface area contributed by atoms with Gasteiger partial charge in [0.25, 0.3) is 5.91 Å². The van der Waals surface area contributed by atoms with Crippen molar-refractivity contribution in [1.82, 2.24) is 5.32 Å². The average molecular weight is 303 g/mol. The Kier molecular flexibility index (Phi) is 5.08. The lowest BCUT2D eigenvalue weighted by Crippen LogP contribution is -2.28. The van der Waals surface area contributed by atoms with Gasteiger partial charge < -0.3 is 15.2 Å². The molecule has 2 aromatic rings. The summed E-state index contributed by atoms with van der Waals surface area (Å²) in [5.41, 5.74) is 0.718. The molecular weight excluding hydrogens is 289 g/mol. The van der Waals surface area contributed by atoms with Crippen molar-refractivity contribution in [3.8, 4) is 5.75 Å². The molecule has 0 fully saturated rings. The molecule has 0 aliphatic rings. The van der Waals surface area contributed by atoms with Crippen molar-refractivity contribution in [1.29, 1.82) is 0 Å². The molecule has 0 saturated carbocycles. The van der Waals surface area contributed by atoms with Crippen LogP contribution in [0.25, 0.3) is 0 Å².